The molecule has 1 saturated heterocycles. The summed E-state index contributed by atoms with van der Waals surface area (Å²) in [5.41, 5.74) is 1.14. The zero-order valence-electron chi connectivity index (χ0n) is 11.7. The van der Waals surface area contributed by atoms with Crippen LogP contribution in [0.3, 0.4) is 0 Å². The van der Waals surface area contributed by atoms with Gasteiger partial charge in [-0.05, 0) is 47.8 Å². The molecule has 5 rings (SSSR count). The van der Waals surface area contributed by atoms with Gasteiger partial charge in [-0.15, -0.1) is 0 Å². The second-order valence-corrected chi connectivity index (χ2v) is 7.97. The Morgan fingerprint density at radius 2 is 2.23 bits per heavy atom. The van der Waals surface area contributed by atoms with Crippen molar-refractivity contribution in [2.45, 2.75) is 30.9 Å². The summed E-state index contributed by atoms with van der Waals surface area (Å²) in [6.07, 6.45) is 6.96. The van der Waals surface area contributed by atoms with Gasteiger partial charge in [0.2, 0.25) is 5.95 Å². The van der Waals surface area contributed by atoms with E-state index >= 15 is 0 Å². The Morgan fingerprint density at radius 1 is 1.32 bits per heavy atom. The number of hydrogen-bond donors (Lipinski definition) is 1. The topological polar surface area (TPSA) is 59.9 Å². The van der Waals surface area contributed by atoms with E-state index in [1.807, 2.05) is 0 Å². The smallest absolute Gasteiger partial charge is 0.223 e. The predicted molar refractivity (Wildman–Crippen MR) is 92.0 cm³/mol. The van der Waals surface area contributed by atoms with E-state index < -0.39 is 0 Å². The number of pyridine rings is 1. The van der Waals surface area contributed by atoms with E-state index in [0.29, 0.717) is 17.1 Å². The molecule has 1 aliphatic heterocycles. The quantitative estimate of drug-likeness (QED) is 0.588. The molecule has 2 aromatic rings. The molecular weight excluding hydrogens is 415 g/mol. The first-order valence-electron chi connectivity index (χ1n) is 7.54. The standard InChI is InChI=1S/C15H14ClIN4O/c16-13-8-4-19-14(21-12(8)11(17)5-18-13)20-7-1-2-15-9(3-7)10(15)6-22-15/h4-5,7,9-10H,1-3,6H2,(H,19,20,21)/t7-,9?,10?,15-/m1/s1. The third-order valence-electron chi connectivity index (χ3n) is 5.45. The summed E-state index contributed by atoms with van der Waals surface area (Å²) >= 11 is 8.34. The number of anilines is 1. The van der Waals surface area contributed by atoms with Crippen LogP contribution in [0.2, 0.25) is 5.15 Å². The first-order valence-corrected chi connectivity index (χ1v) is 9.00. The van der Waals surface area contributed by atoms with Crippen molar-refractivity contribution in [3.63, 3.8) is 0 Å². The number of nitrogens with zero attached hydrogens (tertiary/aromatic N) is 3. The Bertz CT molecular complexity index is 787. The maximum Gasteiger partial charge on any atom is 0.223 e. The Kier molecular flexibility index (Phi) is 2.89. The molecule has 3 aliphatic rings. The highest BCUT2D eigenvalue weighted by Gasteiger charge is 2.73. The number of fused-ring (bicyclic) bond motifs is 2. The lowest BCUT2D eigenvalue weighted by molar-refractivity contribution is -0.0769. The summed E-state index contributed by atoms with van der Waals surface area (Å²) in [6, 6.07) is 0.442. The number of nitrogens with one attached hydrogen (secondary N) is 1. The molecule has 0 radical (unpaired) electrons. The van der Waals surface area contributed by atoms with E-state index in [9.17, 15) is 0 Å². The molecule has 1 N–H and O–H groups in total. The Balaban J connectivity index is 1.39. The molecule has 0 bridgehead atoms. The van der Waals surface area contributed by atoms with Gasteiger partial charge in [0, 0.05) is 24.4 Å². The molecular formula is C15H14ClIN4O. The van der Waals surface area contributed by atoms with Crippen LogP contribution in [0, 0.1) is 15.4 Å². The minimum absolute atomic E-state index is 0.275. The molecule has 3 fully saturated rings. The van der Waals surface area contributed by atoms with Gasteiger partial charge in [-0.1, -0.05) is 11.6 Å². The summed E-state index contributed by atoms with van der Waals surface area (Å²) < 4.78 is 6.78. The average molecular weight is 429 g/mol. The van der Waals surface area contributed by atoms with Crippen molar-refractivity contribution in [3.8, 4) is 0 Å². The zero-order chi connectivity index (χ0) is 14.9. The van der Waals surface area contributed by atoms with E-state index in [1.54, 1.807) is 12.4 Å². The summed E-state index contributed by atoms with van der Waals surface area (Å²) in [5.74, 6) is 2.25. The second kappa shape index (κ2) is 4.64. The monoisotopic (exact) mass is 428 g/mol. The van der Waals surface area contributed by atoms with Crippen molar-refractivity contribution in [3.05, 3.63) is 21.1 Å². The first kappa shape index (κ1) is 13.7. The van der Waals surface area contributed by atoms with Crippen molar-refractivity contribution in [2.24, 2.45) is 11.8 Å². The predicted octanol–water partition coefficient (Wildman–Crippen LogP) is 3.26. The minimum atomic E-state index is 0.275. The van der Waals surface area contributed by atoms with Gasteiger partial charge >= 0.3 is 0 Å². The number of hydrogen-bond acceptors (Lipinski definition) is 5. The number of ether oxygens (including phenoxy) is 1. The Morgan fingerprint density at radius 3 is 3.00 bits per heavy atom. The van der Waals surface area contributed by atoms with E-state index in [-0.39, 0.29) is 5.60 Å². The molecule has 7 heteroatoms. The Labute approximate surface area is 146 Å². The van der Waals surface area contributed by atoms with Gasteiger partial charge in [0.15, 0.2) is 0 Å². The normalized spacial score (nSPS) is 35.5. The molecule has 2 saturated carbocycles. The van der Waals surface area contributed by atoms with E-state index in [0.717, 1.165) is 39.3 Å². The summed E-state index contributed by atoms with van der Waals surface area (Å²) in [6.45, 7) is 0.966. The molecule has 22 heavy (non-hydrogen) atoms. The molecule has 5 nitrogen and oxygen atoms in total. The van der Waals surface area contributed by atoms with Gasteiger partial charge in [0.05, 0.1) is 26.7 Å². The summed E-state index contributed by atoms with van der Waals surface area (Å²) in [5, 5.41) is 4.75. The average Bonchev–Trinajstić information content (AvgIpc) is 2.97. The molecule has 114 valence electrons. The van der Waals surface area contributed by atoms with Crippen molar-refractivity contribution in [1.29, 1.82) is 0 Å². The maximum absolute atomic E-state index is 6.11. The minimum Gasteiger partial charge on any atom is -0.374 e. The van der Waals surface area contributed by atoms with Crippen LogP contribution < -0.4 is 5.32 Å². The third kappa shape index (κ3) is 1.83. The van der Waals surface area contributed by atoms with Gasteiger partial charge in [0.1, 0.15) is 5.15 Å². The molecule has 2 aliphatic carbocycles. The van der Waals surface area contributed by atoms with E-state index in [2.05, 4.69) is 42.9 Å². The van der Waals surface area contributed by atoms with Crippen molar-refractivity contribution < 1.29 is 4.74 Å². The summed E-state index contributed by atoms with van der Waals surface area (Å²) in [7, 11) is 0. The first-order chi connectivity index (χ1) is 10.7. The van der Waals surface area contributed by atoms with Crippen LogP contribution in [0.5, 0.6) is 0 Å². The lowest BCUT2D eigenvalue weighted by Gasteiger charge is -2.31. The van der Waals surface area contributed by atoms with Crippen LogP contribution in [0.15, 0.2) is 12.4 Å². The highest BCUT2D eigenvalue weighted by Crippen LogP contribution is 2.67. The molecule has 4 atom stereocenters. The molecule has 2 aromatic heterocycles. The van der Waals surface area contributed by atoms with Crippen LogP contribution in [-0.2, 0) is 4.74 Å². The van der Waals surface area contributed by atoms with Gasteiger partial charge < -0.3 is 10.1 Å². The number of halogens is 2. The highest BCUT2D eigenvalue weighted by atomic mass is 127. The largest absolute Gasteiger partial charge is 0.374 e. The van der Waals surface area contributed by atoms with Crippen LogP contribution in [0.4, 0.5) is 5.95 Å². The zero-order valence-corrected chi connectivity index (χ0v) is 14.6. The van der Waals surface area contributed by atoms with Crippen LogP contribution in [0.25, 0.3) is 10.9 Å². The number of aromatic nitrogens is 3. The van der Waals surface area contributed by atoms with Gasteiger partial charge in [0.25, 0.3) is 0 Å². The van der Waals surface area contributed by atoms with Crippen molar-refractivity contribution in [2.75, 3.05) is 11.9 Å². The van der Waals surface area contributed by atoms with Crippen LogP contribution in [-0.4, -0.2) is 33.2 Å². The van der Waals surface area contributed by atoms with Crippen LogP contribution >= 0.6 is 34.2 Å². The van der Waals surface area contributed by atoms with E-state index in [1.165, 1.54) is 12.8 Å². The molecule has 1 spiro atoms. The summed E-state index contributed by atoms with van der Waals surface area (Å²) in [4.78, 5) is 13.2. The lowest BCUT2D eigenvalue weighted by atomic mass is 9.93. The Hall–Kier alpha value is -0.730. The second-order valence-electron chi connectivity index (χ2n) is 6.45. The van der Waals surface area contributed by atoms with Gasteiger partial charge in [-0.2, -0.15) is 0 Å². The molecule has 0 aromatic carbocycles. The SMILES string of the molecule is Clc1ncc(I)c2nc(N[C@@H]3CC[C@]45OCC4C5C3)ncc12. The van der Waals surface area contributed by atoms with Crippen molar-refractivity contribution in [1.82, 2.24) is 15.0 Å². The number of rotatable bonds is 2. The lowest BCUT2D eigenvalue weighted by Crippen LogP contribution is -2.36. The third-order valence-corrected chi connectivity index (χ3v) is 6.54. The fourth-order valence-corrected chi connectivity index (χ4v) is 4.90. The fourth-order valence-electron chi connectivity index (χ4n) is 4.17. The molecule has 2 unspecified atom stereocenters. The maximum atomic E-state index is 6.11. The molecule has 0 amide bonds. The van der Waals surface area contributed by atoms with Gasteiger partial charge in [-0.3, -0.25) is 0 Å². The van der Waals surface area contributed by atoms with Crippen molar-refractivity contribution >= 4 is 51.0 Å². The molecule has 3 heterocycles. The highest BCUT2D eigenvalue weighted by molar-refractivity contribution is 14.1. The van der Waals surface area contributed by atoms with Gasteiger partial charge in [-0.25, -0.2) is 15.0 Å². The van der Waals surface area contributed by atoms with E-state index in [4.69, 9.17) is 16.3 Å². The van der Waals surface area contributed by atoms with Crippen LogP contribution in [0.1, 0.15) is 19.3 Å². The fraction of sp³-hybridized carbons (Fsp3) is 0.533.